The van der Waals surface area contributed by atoms with Crippen molar-refractivity contribution in [2.24, 2.45) is 17.8 Å². The van der Waals surface area contributed by atoms with Crippen molar-refractivity contribution in [2.75, 3.05) is 46.3 Å². The molecule has 0 radical (unpaired) electrons. The van der Waals surface area contributed by atoms with Crippen LogP contribution in [0.3, 0.4) is 0 Å². The molecule has 3 heteroatoms. The Bertz CT molecular complexity index is 267. The normalized spacial score (nSPS) is 34.3. The van der Waals surface area contributed by atoms with Gasteiger partial charge in [-0.25, -0.2) is 0 Å². The molecule has 3 atom stereocenters. The number of piperidine rings is 1. The lowest BCUT2D eigenvalue weighted by molar-refractivity contribution is 0.0899. The summed E-state index contributed by atoms with van der Waals surface area (Å²) in [4.78, 5) is 5.26. The highest BCUT2D eigenvalue weighted by molar-refractivity contribution is 4.88. The Kier molecular flexibility index (Phi) is 5.67. The summed E-state index contributed by atoms with van der Waals surface area (Å²) in [6.07, 6.45) is 2.76. The summed E-state index contributed by atoms with van der Waals surface area (Å²) in [6, 6.07) is 0.839. The maximum Gasteiger partial charge on any atom is 0.0145 e. The van der Waals surface area contributed by atoms with Crippen molar-refractivity contribution in [1.29, 1.82) is 0 Å². The highest BCUT2D eigenvalue weighted by Crippen LogP contribution is 2.26. The van der Waals surface area contributed by atoms with Crippen molar-refractivity contribution in [3.05, 3.63) is 0 Å². The minimum Gasteiger partial charge on any atom is -0.316 e. The third-order valence-electron chi connectivity index (χ3n) is 4.83. The molecule has 2 heterocycles. The Hall–Kier alpha value is -0.120. The summed E-state index contributed by atoms with van der Waals surface area (Å²) < 4.78 is 0. The zero-order chi connectivity index (χ0) is 13.8. The van der Waals surface area contributed by atoms with Gasteiger partial charge in [0, 0.05) is 19.1 Å². The maximum absolute atomic E-state index is 3.63. The summed E-state index contributed by atoms with van der Waals surface area (Å²) in [5, 5.41) is 3.63. The average Bonchev–Trinajstić information content (AvgIpc) is 2.77. The fourth-order valence-corrected chi connectivity index (χ4v) is 3.79. The molecule has 2 saturated heterocycles. The summed E-state index contributed by atoms with van der Waals surface area (Å²) in [6.45, 7) is 14.6. The van der Waals surface area contributed by atoms with E-state index >= 15 is 0 Å². The molecule has 0 bridgehead atoms. The lowest BCUT2D eigenvalue weighted by Crippen LogP contribution is -2.48. The first-order chi connectivity index (χ1) is 9.06. The maximum atomic E-state index is 3.63. The van der Waals surface area contributed by atoms with Gasteiger partial charge in [-0.2, -0.15) is 0 Å². The molecule has 112 valence electrons. The highest BCUT2D eigenvalue weighted by Gasteiger charge is 2.33. The smallest absolute Gasteiger partial charge is 0.0145 e. The Morgan fingerprint density at radius 2 is 1.95 bits per heavy atom. The summed E-state index contributed by atoms with van der Waals surface area (Å²) in [5.74, 6) is 2.48. The largest absolute Gasteiger partial charge is 0.316 e. The number of hydrogen-bond donors (Lipinski definition) is 1. The molecule has 0 aromatic heterocycles. The lowest BCUT2D eigenvalue weighted by atomic mass is 9.93. The van der Waals surface area contributed by atoms with Gasteiger partial charge in [0.25, 0.3) is 0 Å². The topological polar surface area (TPSA) is 18.5 Å². The second-order valence-electron chi connectivity index (χ2n) is 7.30. The summed E-state index contributed by atoms with van der Waals surface area (Å²) in [5.41, 5.74) is 0. The minimum absolute atomic E-state index is 0.770. The molecule has 19 heavy (non-hydrogen) atoms. The molecule has 2 aliphatic rings. The van der Waals surface area contributed by atoms with Gasteiger partial charge in [0.05, 0.1) is 0 Å². The Morgan fingerprint density at radius 3 is 2.63 bits per heavy atom. The highest BCUT2D eigenvalue weighted by atomic mass is 15.2. The van der Waals surface area contributed by atoms with Gasteiger partial charge in [-0.15, -0.1) is 0 Å². The van der Waals surface area contributed by atoms with E-state index in [2.05, 4.69) is 42.9 Å². The van der Waals surface area contributed by atoms with E-state index in [1.54, 1.807) is 0 Å². The van der Waals surface area contributed by atoms with Crippen molar-refractivity contribution < 1.29 is 0 Å². The number of rotatable bonds is 5. The third-order valence-corrected chi connectivity index (χ3v) is 4.83. The zero-order valence-electron chi connectivity index (χ0n) is 13.4. The molecule has 0 saturated carbocycles. The van der Waals surface area contributed by atoms with Crippen LogP contribution in [0.4, 0.5) is 0 Å². The Labute approximate surface area is 119 Å². The molecule has 0 aromatic rings. The van der Waals surface area contributed by atoms with Gasteiger partial charge in [-0.3, -0.25) is 4.90 Å². The predicted molar refractivity (Wildman–Crippen MR) is 82.5 cm³/mol. The average molecular weight is 267 g/mol. The van der Waals surface area contributed by atoms with E-state index in [9.17, 15) is 0 Å². The van der Waals surface area contributed by atoms with Crippen molar-refractivity contribution in [1.82, 2.24) is 15.1 Å². The molecular formula is C16H33N3. The van der Waals surface area contributed by atoms with Crippen LogP contribution in [-0.2, 0) is 0 Å². The van der Waals surface area contributed by atoms with Gasteiger partial charge in [-0.1, -0.05) is 20.8 Å². The molecule has 3 unspecified atom stereocenters. The fourth-order valence-electron chi connectivity index (χ4n) is 3.79. The molecule has 1 N–H and O–H groups in total. The third kappa shape index (κ3) is 4.44. The molecule has 3 nitrogen and oxygen atoms in total. The van der Waals surface area contributed by atoms with Gasteiger partial charge in [0.1, 0.15) is 0 Å². The zero-order valence-corrected chi connectivity index (χ0v) is 13.4. The molecule has 0 aromatic carbocycles. The SMILES string of the molecule is CC(C)CNCC1CCN(C2CCN(C)CC2C)C1. The molecule has 0 spiro atoms. The second-order valence-corrected chi connectivity index (χ2v) is 7.30. The molecule has 2 fully saturated rings. The van der Waals surface area contributed by atoms with Gasteiger partial charge in [0.2, 0.25) is 0 Å². The quantitative estimate of drug-likeness (QED) is 0.821. The van der Waals surface area contributed by atoms with Crippen LogP contribution in [0.25, 0.3) is 0 Å². The minimum atomic E-state index is 0.770. The van der Waals surface area contributed by atoms with Crippen LogP contribution in [0.15, 0.2) is 0 Å². The van der Waals surface area contributed by atoms with Gasteiger partial charge in [-0.05, 0) is 63.8 Å². The van der Waals surface area contributed by atoms with Crippen LogP contribution in [0, 0.1) is 17.8 Å². The summed E-state index contributed by atoms with van der Waals surface area (Å²) >= 11 is 0. The summed E-state index contributed by atoms with van der Waals surface area (Å²) in [7, 11) is 2.26. The standard InChI is InChI=1S/C16H33N3/c1-13(2)9-17-10-15-5-8-19(12-15)16-6-7-18(4)11-14(16)3/h13-17H,5-12H2,1-4H3. The van der Waals surface area contributed by atoms with E-state index in [-0.39, 0.29) is 0 Å². The lowest BCUT2D eigenvalue weighted by Gasteiger charge is -2.40. The van der Waals surface area contributed by atoms with Crippen molar-refractivity contribution >= 4 is 0 Å². The Morgan fingerprint density at radius 1 is 1.16 bits per heavy atom. The van der Waals surface area contributed by atoms with Crippen LogP contribution in [-0.4, -0.2) is 62.2 Å². The van der Waals surface area contributed by atoms with Crippen LogP contribution >= 0.6 is 0 Å². The van der Waals surface area contributed by atoms with Crippen LogP contribution in [0.5, 0.6) is 0 Å². The fraction of sp³-hybridized carbons (Fsp3) is 1.00. The molecule has 2 rings (SSSR count). The first-order valence-corrected chi connectivity index (χ1v) is 8.19. The van der Waals surface area contributed by atoms with E-state index in [1.807, 2.05) is 0 Å². The first kappa shape index (κ1) is 15.3. The van der Waals surface area contributed by atoms with Gasteiger partial charge in [0.15, 0.2) is 0 Å². The molecular weight excluding hydrogens is 234 g/mol. The van der Waals surface area contributed by atoms with Crippen molar-refractivity contribution in [3.8, 4) is 0 Å². The first-order valence-electron chi connectivity index (χ1n) is 8.19. The molecule has 0 amide bonds. The van der Waals surface area contributed by atoms with E-state index in [0.29, 0.717) is 0 Å². The van der Waals surface area contributed by atoms with Crippen molar-refractivity contribution in [3.63, 3.8) is 0 Å². The van der Waals surface area contributed by atoms with Crippen LogP contribution in [0.2, 0.25) is 0 Å². The van der Waals surface area contributed by atoms with E-state index in [1.165, 1.54) is 52.1 Å². The van der Waals surface area contributed by atoms with E-state index < -0.39 is 0 Å². The van der Waals surface area contributed by atoms with Gasteiger partial charge < -0.3 is 10.2 Å². The second kappa shape index (κ2) is 7.05. The van der Waals surface area contributed by atoms with Crippen LogP contribution < -0.4 is 5.32 Å². The number of hydrogen-bond acceptors (Lipinski definition) is 3. The number of nitrogens with zero attached hydrogens (tertiary/aromatic N) is 2. The van der Waals surface area contributed by atoms with Crippen LogP contribution in [0.1, 0.15) is 33.6 Å². The molecule has 0 aliphatic carbocycles. The molecule has 2 aliphatic heterocycles. The van der Waals surface area contributed by atoms with Crippen molar-refractivity contribution in [2.45, 2.75) is 39.7 Å². The predicted octanol–water partition coefficient (Wildman–Crippen LogP) is 1.89. The van der Waals surface area contributed by atoms with Gasteiger partial charge >= 0.3 is 0 Å². The monoisotopic (exact) mass is 267 g/mol. The van der Waals surface area contributed by atoms with E-state index in [4.69, 9.17) is 0 Å². The number of nitrogens with one attached hydrogen (secondary N) is 1. The Balaban J connectivity index is 1.72. The van der Waals surface area contributed by atoms with E-state index in [0.717, 1.165) is 23.8 Å². The number of likely N-dealkylation sites (tertiary alicyclic amines) is 2.